The average molecular weight is 274 g/mol. The molecule has 0 spiro atoms. The van der Waals surface area contributed by atoms with E-state index < -0.39 is 11.6 Å². The SMILES string of the molecule is Nc1cc(F)c(F)cc1-c1ccc(Cl)cc1Cl. The molecule has 17 heavy (non-hydrogen) atoms. The van der Waals surface area contributed by atoms with E-state index in [1.54, 1.807) is 12.1 Å². The molecule has 0 radical (unpaired) electrons. The Morgan fingerprint density at radius 3 is 2.18 bits per heavy atom. The highest BCUT2D eigenvalue weighted by molar-refractivity contribution is 6.36. The molecule has 0 heterocycles. The third kappa shape index (κ3) is 2.35. The van der Waals surface area contributed by atoms with E-state index in [1.807, 2.05) is 0 Å². The second-order valence-corrected chi connectivity index (χ2v) is 4.32. The van der Waals surface area contributed by atoms with Crippen LogP contribution in [0, 0.1) is 11.6 Å². The van der Waals surface area contributed by atoms with Crippen LogP contribution in [-0.2, 0) is 0 Å². The number of anilines is 1. The lowest BCUT2D eigenvalue weighted by Crippen LogP contribution is -1.95. The van der Waals surface area contributed by atoms with Crippen LogP contribution in [0.2, 0.25) is 10.0 Å². The highest BCUT2D eigenvalue weighted by Crippen LogP contribution is 2.34. The summed E-state index contributed by atoms with van der Waals surface area (Å²) in [5.74, 6) is -1.96. The number of hydrogen-bond donors (Lipinski definition) is 1. The van der Waals surface area contributed by atoms with Crippen LogP contribution in [0.3, 0.4) is 0 Å². The van der Waals surface area contributed by atoms with E-state index in [0.717, 1.165) is 12.1 Å². The first-order valence-corrected chi connectivity index (χ1v) is 5.44. The summed E-state index contributed by atoms with van der Waals surface area (Å²) in [5, 5.41) is 0.787. The number of nitrogens with two attached hydrogens (primary N) is 1. The first-order chi connectivity index (χ1) is 7.99. The molecule has 0 aliphatic carbocycles. The van der Waals surface area contributed by atoms with E-state index >= 15 is 0 Å². The molecule has 0 atom stereocenters. The highest BCUT2D eigenvalue weighted by atomic mass is 35.5. The van der Waals surface area contributed by atoms with Gasteiger partial charge in [0.05, 0.1) is 0 Å². The van der Waals surface area contributed by atoms with Crippen LogP contribution in [0.25, 0.3) is 11.1 Å². The van der Waals surface area contributed by atoms with Gasteiger partial charge in [-0.3, -0.25) is 0 Å². The first kappa shape index (κ1) is 12.1. The smallest absolute Gasteiger partial charge is 0.160 e. The minimum Gasteiger partial charge on any atom is -0.398 e. The van der Waals surface area contributed by atoms with Crippen molar-refractivity contribution < 1.29 is 8.78 Å². The van der Waals surface area contributed by atoms with Gasteiger partial charge in [-0.05, 0) is 18.2 Å². The first-order valence-electron chi connectivity index (χ1n) is 4.69. The molecule has 0 saturated heterocycles. The third-order valence-corrected chi connectivity index (χ3v) is 2.86. The summed E-state index contributed by atoms with van der Waals surface area (Å²) < 4.78 is 26.1. The van der Waals surface area contributed by atoms with Crippen molar-refractivity contribution in [1.82, 2.24) is 0 Å². The Morgan fingerprint density at radius 1 is 0.882 bits per heavy atom. The van der Waals surface area contributed by atoms with E-state index in [2.05, 4.69) is 0 Å². The second kappa shape index (κ2) is 4.51. The fourth-order valence-electron chi connectivity index (χ4n) is 1.50. The van der Waals surface area contributed by atoms with Crippen LogP contribution >= 0.6 is 23.2 Å². The predicted molar refractivity (Wildman–Crippen MR) is 66.2 cm³/mol. The molecule has 0 amide bonds. The zero-order valence-corrected chi connectivity index (χ0v) is 9.99. The molecule has 0 aromatic heterocycles. The Kier molecular flexibility index (Phi) is 3.22. The molecule has 2 aromatic carbocycles. The number of nitrogen functional groups attached to an aromatic ring is 1. The summed E-state index contributed by atoms with van der Waals surface area (Å²) in [6, 6.07) is 6.66. The van der Waals surface area contributed by atoms with Gasteiger partial charge in [-0.1, -0.05) is 29.3 Å². The molecule has 5 heteroatoms. The minimum atomic E-state index is -0.990. The number of rotatable bonds is 1. The summed E-state index contributed by atoms with van der Waals surface area (Å²) in [6.07, 6.45) is 0. The summed E-state index contributed by atoms with van der Waals surface area (Å²) in [5.41, 5.74) is 6.59. The summed E-state index contributed by atoms with van der Waals surface area (Å²) in [7, 11) is 0. The fraction of sp³-hybridized carbons (Fsp3) is 0. The minimum absolute atomic E-state index is 0.119. The molecule has 88 valence electrons. The van der Waals surface area contributed by atoms with Crippen LogP contribution in [0.1, 0.15) is 0 Å². The van der Waals surface area contributed by atoms with E-state index in [1.165, 1.54) is 6.07 Å². The van der Waals surface area contributed by atoms with Crippen LogP contribution in [0.15, 0.2) is 30.3 Å². The van der Waals surface area contributed by atoms with Crippen molar-refractivity contribution in [1.29, 1.82) is 0 Å². The van der Waals surface area contributed by atoms with Crippen molar-refractivity contribution >= 4 is 28.9 Å². The van der Waals surface area contributed by atoms with E-state index in [9.17, 15) is 8.78 Å². The van der Waals surface area contributed by atoms with Gasteiger partial charge in [-0.25, -0.2) is 8.78 Å². The van der Waals surface area contributed by atoms with Crippen molar-refractivity contribution in [3.63, 3.8) is 0 Å². The van der Waals surface area contributed by atoms with Gasteiger partial charge < -0.3 is 5.73 Å². The third-order valence-electron chi connectivity index (χ3n) is 2.31. The molecule has 0 bridgehead atoms. The fourth-order valence-corrected chi connectivity index (χ4v) is 2.01. The number of halogens is 4. The van der Waals surface area contributed by atoms with Gasteiger partial charge in [0.2, 0.25) is 0 Å². The van der Waals surface area contributed by atoms with Crippen LogP contribution in [0.4, 0.5) is 14.5 Å². The topological polar surface area (TPSA) is 26.0 Å². The standard InChI is InChI=1S/C12H7Cl2F2N/c13-6-1-2-7(9(14)3-6)8-4-10(15)11(16)5-12(8)17/h1-5H,17H2. The van der Waals surface area contributed by atoms with Gasteiger partial charge >= 0.3 is 0 Å². The number of hydrogen-bond acceptors (Lipinski definition) is 1. The quantitative estimate of drug-likeness (QED) is 0.760. The molecule has 0 unspecified atom stereocenters. The van der Waals surface area contributed by atoms with Gasteiger partial charge in [0.25, 0.3) is 0 Å². The van der Waals surface area contributed by atoms with Crippen molar-refractivity contribution in [3.05, 3.63) is 52.0 Å². The van der Waals surface area contributed by atoms with Gasteiger partial charge in [0, 0.05) is 32.9 Å². The number of benzene rings is 2. The molecule has 1 nitrogen and oxygen atoms in total. The highest BCUT2D eigenvalue weighted by Gasteiger charge is 2.12. The van der Waals surface area contributed by atoms with Crippen molar-refractivity contribution in [2.24, 2.45) is 0 Å². The molecule has 0 aliphatic heterocycles. The van der Waals surface area contributed by atoms with Crippen LogP contribution in [-0.4, -0.2) is 0 Å². The van der Waals surface area contributed by atoms with Crippen LogP contribution in [0.5, 0.6) is 0 Å². The Hall–Kier alpha value is -1.32. The van der Waals surface area contributed by atoms with Crippen molar-refractivity contribution in [3.8, 4) is 11.1 Å². The summed E-state index contributed by atoms with van der Waals surface area (Å²) >= 11 is 11.7. The van der Waals surface area contributed by atoms with E-state index in [-0.39, 0.29) is 5.69 Å². The van der Waals surface area contributed by atoms with Gasteiger partial charge in [-0.15, -0.1) is 0 Å². The maximum Gasteiger partial charge on any atom is 0.160 e. The molecule has 0 saturated carbocycles. The molecule has 2 N–H and O–H groups in total. The molecule has 0 aliphatic rings. The molecule has 2 aromatic rings. The largest absolute Gasteiger partial charge is 0.398 e. The zero-order valence-electron chi connectivity index (χ0n) is 8.48. The normalized spacial score (nSPS) is 10.6. The lowest BCUT2D eigenvalue weighted by molar-refractivity contribution is 0.509. The van der Waals surface area contributed by atoms with Gasteiger partial charge in [0.15, 0.2) is 11.6 Å². The average Bonchev–Trinajstić information content (AvgIpc) is 2.24. The summed E-state index contributed by atoms with van der Waals surface area (Å²) in [6.45, 7) is 0. The monoisotopic (exact) mass is 273 g/mol. The summed E-state index contributed by atoms with van der Waals surface area (Å²) in [4.78, 5) is 0. The molecular weight excluding hydrogens is 267 g/mol. The van der Waals surface area contributed by atoms with Gasteiger partial charge in [0.1, 0.15) is 0 Å². The lowest BCUT2D eigenvalue weighted by atomic mass is 10.0. The molecular formula is C12H7Cl2F2N. The maximum absolute atomic E-state index is 13.2. The van der Waals surface area contributed by atoms with Crippen molar-refractivity contribution in [2.45, 2.75) is 0 Å². The van der Waals surface area contributed by atoms with Crippen molar-refractivity contribution in [2.75, 3.05) is 5.73 Å². The van der Waals surface area contributed by atoms with Gasteiger partial charge in [-0.2, -0.15) is 0 Å². The zero-order chi connectivity index (χ0) is 12.6. The predicted octanol–water partition coefficient (Wildman–Crippen LogP) is 4.52. The van der Waals surface area contributed by atoms with E-state index in [0.29, 0.717) is 21.2 Å². The lowest BCUT2D eigenvalue weighted by Gasteiger charge is -2.09. The molecule has 0 fully saturated rings. The molecule has 2 rings (SSSR count). The Balaban J connectivity index is 2.64. The Morgan fingerprint density at radius 2 is 1.53 bits per heavy atom. The van der Waals surface area contributed by atoms with Crippen LogP contribution < -0.4 is 5.73 Å². The second-order valence-electron chi connectivity index (χ2n) is 3.48. The Labute approximate surface area is 107 Å². The van der Waals surface area contributed by atoms with E-state index in [4.69, 9.17) is 28.9 Å². The Bertz CT molecular complexity index is 585. The maximum atomic E-state index is 13.2.